The lowest BCUT2D eigenvalue weighted by Crippen LogP contribution is -2.44. The maximum Gasteiger partial charge on any atom is 0.231 e. The lowest BCUT2D eigenvalue weighted by atomic mass is 10.5. The monoisotopic (exact) mass is 249 g/mol. The molecule has 1 unspecified atom stereocenters. The molecule has 0 bridgehead atoms. The quantitative estimate of drug-likeness (QED) is 0.526. The van der Waals surface area contributed by atoms with Crippen LogP contribution in [0.1, 0.15) is 6.92 Å². The number of rotatable bonds is 1. The SMILES string of the molecule is CCN1N=CN(Cl)C1C(Cl)(Cl)Cl. The molecule has 0 fully saturated rings. The van der Waals surface area contributed by atoms with Crippen molar-refractivity contribution in [2.75, 3.05) is 6.54 Å². The fourth-order valence-electron chi connectivity index (χ4n) is 0.933. The van der Waals surface area contributed by atoms with Crippen molar-refractivity contribution < 1.29 is 0 Å². The minimum absolute atomic E-state index is 0.533. The molecule has 0 aromatic carbocycles. The molecule has 0 aliphatic carbocycles. The molecule has 0 saturated heterocycles. The number of hydrogen-bond acceptors (Lipinski definition) is 3. The first kappa shape index (κ1) is 10.5. The van der Waals surface area contributed by atoms with Crippen molar-refractivity contribution in [2.45, 2.75) is 16.9 Å². The number of hydrazone groups is 1. The molecule has 1 heterocycles. The lowest BCUT2D eigenvalue weighted by molar-refractivity contribution is 0.187. The van der Waals surface area contributed by atoms with Crippen LogP contribution in [0.15, 0.2) is 5.10 Å². The summed E-state index contributed by atoms with van der Waals surface area (Å²) < 4.78 is -0.217. The van der Waals surface area contributed by atoms with Crippen LogP contribution in [0.3, 0.4) is 0 Å². The second-order valence-corrected chi connectivity index (χ2v) is 5.01. The highest BCUT2D eigenvalue weighted by Crippen LogP contribution is 2.37. The summed E-state index contributed by atoms with van der Waals surface area (Å²) in [6.45, 7) is 2.54. The summed E-state index contributed by atoms with van der Waals surface area (Å²) in [6, 6.07) is 0. The molecule has 0 radical (unpaired) electrons. The average molecular weight is 251 g/mol. The highest BCUT2D eigenvalue weighted by atomic mass is 35.6. The fourth-order valence-corrected chi connectivity index (χ4v) is 2.02. The minimum Gasteiger partial charge on any atom is -0.268 e. The lowest BCUT2D eigenvalue weighted by Gasteiger charge is -2.30. The van der Waals surface area contributed by atoms with Gasteiger partial charge in [-0.2, -0.15) is 5.10 Å². The Morgan fingerprint density at radius 1 is 1.50 bits per heavy atom. The van der Waals surface area contributed by atoms with E-state index in [-0.39, 0.29) is 0 Å². The molecule has 12 heavy (non-hydrogen) atoms. The molecule has 1 rings (SSSR count). The van der Waals surface area contributed by atoms with Gasteiger partial charge in [-0.05, 0) is 6.92 Å². The Morgan fingerprint density at radius 3 is 2.42 bits per heavy atom. The van der Waals surface area contributed by atoms with Gasteiger partial charge >= 0.3 is 0 Å². The zero-order valence-electron chi connectivity index (χ0n) is 6.22. The van der Waals surface area contributed by atoms with Gasteiger partial charge in [0.1, 0.15) is 6.34 Å². The number of nitrogens with zero attached hydrogens (tertiary/aromatic N) is 3. The van der Waals surface area contributed by atoms with Gasteiger partial charge in [-0.15, -0.1) is 0 Å². The van der Waals surface area contributed by atoms with Crippen molar-refractivity contribution in [1.82, 2.24) is 9.43 Å². The van der Waals surface area contributed by atoms with E-state index in [4.69, 9.17) is 46.6 Å². The summed E-state index contributed by atoms with van der Waals surface area (Å²) >= 11 is 22.8. The standard InChI is InChI=1S/C5H7Cl4N3/c1-2-12-4(5(6,7)8)11(9)3-10-12/h3-4H,2H2,1H3. The van der Waals surface area contributed by atoms with Crippen LogP contribution in [0.2, 0.25) is 0 Å². The average Bonchev–Trinajstić information content (AvgIpc) is 2.29. The normalized spacial score (nSPS) is 23.9. The van der Waals surface area contributed by atoms with Gasteiger partial charge in [0.15, 0.2) is 6.17 Å². The van der Waals surface area contributed by atoms with Crippen molar-refractivity contribution in [3.63, 3.8) is 0 Å². The van der Waals surface area contributed by atoms with Crippen molar-refractivity contribution in [3.05, 3.63) is 0 Å². The van der Waals surface area contributed by atoms with E-state index < -0.39 is 9.96 Å². The smallest absolute Gasteiger partial charge is 0.231 e. The van der Waals surface area contributed by atoms with Crippen LogP contribution in [-0.4, -0.2) is 32.3 Å². The van der Waals surface area contributed by atoms with Crippen LogP contribution in [0.4, 0.5) is 0 Å². The first-order valence-corrected chi connectivity index (χ1v) is 4.75. The molecule has 0 amide bonds. The van der Waals surface area contributed by atoms with Gasteiger partial charge < -0.3 is 0 Å². The largest absolute Gasteiger partial charge is 0.268 e. The molecule has 0 saturated carbocycles. The summed E-state index contributed by atoms with van der Waals surface area (Å²) in [7, 11) is 0. The van der Waals surface area contributed by atoms with Crippen LogP contribution in [0, 0.1) is 0 Å². The molecule has 1 aliphatic heterocycles. The van der Waals surface area contributed by atoms with Crippen LogP contribution < -0.4 is 0 Å². The van der Waals surface area contributed by atoms with Crippen molar-refractivity contribution in [2.24, 2.45) is 5.10 Å². The summed E-state index contributed by atoms with van der Waals surface area (Å²) in [5.74, 6) is 0. The first-order chi connectivity index (χ1) is 5.46. The number of alkyl halides is 3. The van der Waals surface area contributed by atoms with Crippen LogP contribution >= 0.6 is 46.6 Å². The Labute approximate surface area is 90.9 Å². The number of hydrogen-bond donors (Lipinski definition) is 0. The predicted octanol–water partition coefficient (Wildman–Crippen LogP) is 2.42. The van der Waals surface area contributed by atoms with E-state index in [9.17, 15) is 0 Å². The molecule has 1 atom stereocenters. The van der Waals surface area contributed by atoms with Crippen molar-refractivity contribution >= 4 is 52.9 Å². The fraction of sp³-hybridized carbons (Fsp3) is 0.800. The molecule has 0 aromatic rings. The summed E-state index contributed by atoms with van der Waals surface area (Å²) in [5.41, 5.74) is 0. The van der Waals surface area contributed by atoms with Gasteiger partial charge in [0.25, 0.3) is 0 Å². The van der Waals surface area contributed by atoms with Crippen LogP contribution in [0.5, 0.6) is 0 Å². The molecular formula is C5H7Cl4N3. The Kier molecular flexibility index (Phi) is 3.21. The molecule has 0 spiro atoms. The van der Waals surface area contributed by atoms with Gasteiger partial charge in [-0.25, -0.2) is 4.42 Å². The molecule has 0 aromatic heterocycles. The maximum atomic E-state index is 5.73. The second kappa shape index (κ2) is 3.66. The van der Waals surface area contributed by atoms with E-state index in [1.807, 2.05) is 6.92 Å². The van der Waals surface area contributed by atoms with Crippen LogP contribution in [-0.2, 0) is 0 Å². The van der Waals surface area contributed by atoms with Gasteiger partial charge in [0.05, 0.1) is 0 Å². The third kappa shape index (κ3) is 2.02. The molecule has 70 valence electrons. The van der Waals surface area contributed by atoms with E-state index in [0.717, 1.165) is 0 Å². The third-order valence-corrected chi connectivity index (χ3v) is 2.30. The van der Waals surface area contributed by atoms with Crippen LogP contribution in [0.25, 0.3) is 0 Å². The summed E-state index contributed by atoms with van der Waals surface area (Å²) in [4.78, 5) is 0. The highest BCUT2D eigenvalue weighted by Gasteiger charge is 2.42. The van der Waals surface area contributed by atoms with Gasteiger partial charge in [-0.3, -0.25) is 5.01 Å². The Morgan fingerprint density at radius 2 is 2.08 bits per heavy atom. The predicted molar refractivity (Wildman–Crippen MR) is 52.6 cm³/mol. The Bertz CT molecular complexity index is 190. The molecular weight excluding hydrogens is 244 g/mol. The van der Waals surface area contributed by atoms with E-state index >= 15 is 0 Å². The first-order valence-electron chi connectivity index (χ1n) is 3.28. The molecule has 0 N–H and O–H groups in total. The van der Waals surface area contributed by atoms with Crippen molar-refractivity contribution in [3.8, 4) is 0 Å². The molecule has 7 heteroatoms. The highest BCUT2D eigenvalue weighted by molar-refractivity contribution is 6.68. The maximum absolute atomic E-state index is 5.73. The van der Waals surface area contributed by atoms with E-state index in [1.54, 1.807) is 5.01 Å². The zero-order valence-corrected chi connectivity index (χ0v) is 9.24. The third-order valence-electron chi connectivity index (χ3n) is 1.44. The van der Waals surface area contributed by atoms with Gasteiger partial charge in [0, 0.05) is 18.3 Å². The molecule has 1 aliphatic rings. The Hall–Kier alpha value is 0.430. The summed E-state index contributed by atoms with van der Waals surface area (Å²) in [6.07, 6.45) is 0.881. The Balaban J connectivity index is 2.75. The molecule has 3 nitrogen and oxygen atoms in total. The number of halogens is 4. The zero-order chi connectivity index (χ0) is 9.35. The van der Waals surface area contributed by atoms with E-state index in [0.29, 0.717) is 6.54 Å². The van der Waals surface area contributed by atoms with Gasteiger partial charge in [0.2, 0.25) is 3.79 Å². The van der Waals surface area contributed by atoms with Gasteiger partial charge in [-0.1, -0.05) is 34.8 Å². The van der Waals surface area contributed by atoms with E-state index in [2.05, 4.69) is 5.10 Å². The minimum atomic E-state index is -1.46. The van der Waals surface area contributed by atoms with Crippen molar-refractivity contribution in [1.29, 1.82) is 0 Å². The topological polar surface area (TPSA) is 18.8 Å². The van der Waals surface area contributed by atoms with E-state index in [1.165, 1.54) is 10.8 Å². The second-order valence-electron chi connectivity index (χ2n) is 2.25. The summed E-state index contributed by atoms with van der Waals surface area (Å²) in [5, 5.41) is 5.53.